The van der Waals surface area contributed by atoms with Crippen molar-refractivity contribution in [2.45, 2.75) is 19.4 Å². The Hall–Kier alpha value is -2.44. The molecule has 1 aliphatic heterocycles. The molecule has 5 nitrogen and oxygen atoms in total. The third kappa shape index (κ3) is 4.39. The van der Waals surface area contributed by atoms with Crippen LogP contribution in [-0.2, 0) is 11.2 Å². The Bertz CT molecular complexity index is 764. The molecule has 0 spiro atoms. The highest BCUT2D eigenvalue weighted by Gasteiger charge is 2.28. The number of carbonyl (C=O) groups is 1. The maximum absolute atomic E-state index is 13.4. The van der Waals surface area contributed by atoms with Gasteiger partial charge in [-0.15, -0.1) is 0 Å². The standard InChI is InChI=1S/C20H24FN3O2/c1-13-3-6-17(21)9-15(13)10-19(25)22-11-16-12-23-24-20(16)14-4-7-18(26-2)8-5-14/h3-9,16,20,23-24H,10-12H2,1-2H3,(H,22,25). The molecule has 2 aromatic carbocycles. The first-order valence-electron chi connectivity index (χ1n) is 8.71. The van der Waals surface area contributed by atoms with Crippen molar-refractivity contribution in [1.29, 1.82) is 0 Å². The van der Waals surface area contributed by atoms with Gasteiger partial charge in [0.25, 0.3) is 0 Å². The van der Waals surface area contributed by atoms with E-state index in [9.17, 15) is 9.18 Å². The van der Waals surface area contributed by atoms with E-state index in [2.05, 4.69) is 16.2 Å². The second-order valence-electron chi connectivity index (χ2n) is 6.59. The van der Waals surface area contributed by atoms with Crippen LogP contribution in [0.1, 0.15) is 22.7 Å². The minimum absolute atomic E-state index is 0.0981. The fourth-order valence-electron chi connectivity index (χ4n) is 3.20. The highest BCUT2D eigenvalue weighted by atomic mass is 19.1. The number of benzene rings is 2. The molecule has 0 bridgehead atoms. The third-order valence-electron chi connectivity index (χ3n) is 4.79. The Morgan fingerprint density at radius 2 is 2.04 bits per heavy atom. The van der Waals surface area contributed by atoms with Crippen LogP contribution in [0.5, 0.6) is 5.75 Å². The molecule has 1 saturated heterocycles. The van der Waals surface area contributed by atoms with E-state index >= 15 is 0 Å². The lowest BCUT2D eigenvalue weighted by molar-refractivity contribution is -0.120. The van der Waals surface area contributed by atoms with E-state index in [-0.39, 0.29) is 30.1 Å². The summed E-state index contributed by atoms with van der Waals surface area (Å²) in [4.78, 5) is 12.3. The van der Waals surface area contributed by atoms with Crippen LogP contribution in [0, 0.1) is 18.7 Å². The van der Waals surface area contributed by atoms with Gasteiger partial charge in [-0.2, -0.15) is 0 Å². The van der Waals surface area contributed by atoms with Crippen molar-refractivity contribution < 1.29 is 13.9 Å². The summed E-state index contributed by atoms with van der Waals surface area (Å²) >= 11 is 0. The normalized spacial score (nSPS) is 19.3. The molecule has 2 atom stereocenters. The molecule has 1 fully saturated rings. The van der Waals surface area contributed by atoms with E-state index in [1.165, 1.54) is 12.1 Å². The average Bonchev–Trinajstić information content (AvgIpc) is 3.12. The van der Waals surface area contributed by atoms with Gasteiger partial charge in [-0.05, 0) is 47.9 Å². The number of rotatable bonds is 6. The molecule has 0 aromatic heterocycles. The topological polar surface area (TPSA) is 62.4 Å². The van der Waals surface area contributed by atoms with E-state index in [0.717, 1.165) is 29.0 Å². The van der Waals surface area contributed by atoms with Crippen LogP contribution in [0.4, 0.5) is 4.39 Å². The Kier molecular flexibility index (Phi) is 5.85. The molecule has 2 unspecified atom stereocenters. The van der Waals surface area contributed by atoms with Crippen LogP contribution in [0.15, 0.2) is 42.5 Å². The fraction of sp³-hybridized carbons (Fsp3) is 0.350. The van der Waals surface area contributed by atoms with E-state index in [0.29, 0.717) is 6.54 Å². The van der Waals surface area contributed by atoms with Gasteiger partial charge in [-0.25, -0.2) is 9.82 Å². The van der Waals surface area contributed by atoms with Crippen LogP contribution >= 0.6 is 0 Å². The largest absolute Gasteiger partial charge is 0.497 e. The van der Waals surface area contributed by atoms with Crippen molar-refractivity contribution in [2.24, 2.45) is 5.92 Å². The molecule has 3 N–H and O–H groups in total. The van der Waals surface area contributed by atoms with E-state index < -0.39 is 0 Å². The lowest BCUT2D eigenvalue weighted by Crippen LogP contribution is -2.33. The highest BCUT2D eigenvalue weighted by molar-refractivity contribution is 5.78. The molecule has 0 aliphatic carbocycles. The number of hydrazine groups is 1. The molecular formula is C20H24FN3O2. The number of carbonyl (C=O) groups excluding carboxylic acids is 1. The second kappa shape index (κ2) is 8.29. The summed E-state index contributed by atoms with van der Waals surface area (Å²) in [5.41, 5.74) is 9.19. The molecule has 0 radical (unpaired) electrons. The van der Waals surface area contributed by atoms with Crippen LogP contribution in [-0.4, -0.2) is 26.1 Å². The van der Waals surface area contributed by atoms with Crippen LogP contribution in [0.25, 0.3) is 0 Å². The van der Waals surface area contributed by atoms with E-state index in [1.807, 2.05) is 31.2 Å². The summed E-state index contributed by atoms with van der Waals surface area (Å²) in [6, 6.07) is 12.5. The molecule has 1 heterocycles. The Morgan fingerprint density at radius 1 is 1.27 bits per heavy atom. The van der Waals surface area contributed by atoms with Crippen molar-refractivity contribution in [1.82, 2.24) is 16.2 Å². The van der Waals surface area contributed by atoms with Gasteiger partial charge in [0.15, 0.2) is 0 Å². The lowest BCUT2D eigenvalue weighted by atomic mass is 9.94. The molecule has 3 rings (SSSR count). The minimum atomic E-state index is -0.317. The average molecular weight is 357 g/mol. The van der Waals surface area contributed by atoms with Gasteiger partial charge < -0.3 is 10.1 Å². The zero-order valence-corrected chi connectivity index (χ0v) is 15.0. The quantitative estimate of drug-likeness (QED) is 0.742. The van der Waals surface area contributed by atoms with Gasteiger partial charge in [0.05, 0.1) is 19.6 Å². The lowest BCUT2D eigenvalue weighted by Gasteiger charge is -2.19. The van der Waals surface area contributed by atoms with Gasteiger partial charge in [-0.1, -0.05) is 18.2 Å². The highest BCUT2D eigenvalue weighted by Crippen LogP contribution is 2.26. The van der Waals surface area contributed by atoms with E-state index in [4.69, 9.17) is 4.74 Å². The fourth-order valence-corrected chi connectivity index (χ4v) is 3.20. The SMILES string of the molecule is COc1ccc(C2NNCC2CNC(=O)Cc2cc(F)ccc2C)cc1. The number of aryl methyl sites for hydroxylation is 1. The minimum Gasteiger partial charge on any atom is -0.497 e. The zero-order chi connectivity index (χ0) is 18.5. The molecule has 1 aliphatic rings. The Balaban J connectivity index is 1.57. The number of hydrogen-bond acceptors (Lipinski definition) is 4. The van der Waals surface area contributed by atoms with Crippen LogP contribution < -0.4 is 20.9 Å². The summed E-state index contributed by atoms with van der Waals surface area (Å²) < 4.78 is 18.6. The van der Waals surface area contributed by atoms with Crippen molar-refractivity contribution >= 4 is 5.91 Å². The molecular weight excluding hydrogens is 333 g/mol. The maximum Gasteiger partial charge on any atom is 0.224 e. The van der Waals surface area contributed by atoms with Gasteiger partial charge >= 0.3 is 0 Å². The molecule has 1 amide bonds. The maximum atomic E-state index is 13.4. The monoisotopic (exact) mass is 357 g/mol. The predicted molar refractivity (Wildman–Crippen MR) is 98.2 cm³/mol. The predicted octanol–water partition coefficient (Wildman–Crippen LogP) is 2.27. The van der Waals surface area contributed by atoms with Crippen LogP contribution in [0.3, 0.4) is 0 Å². The molecule has 6 heteroatoms. The number of methoxy groups -OCH3 is 1. The van der Waals surface area contributed by atoms with Gasteiger partial charge in [-0.3, -0.25) is 10.2 Å². The summed E-state index contributed by atoms with van der Waals surface area (Å²) in [5.74, 6) is 0.622. The summed E-state index contributed by atoms with van der Waals surface area (Å²) in [6.45, 7) is 3.19. The third-order valence-corrected chi connectivity index (χ3v) is 4.79. The van der Waals surface area contributed by atoms with Gasteiger partial charge in [0.1, 0.15) is 11.6 Å². The van der Waals surface area contributed by atoms with Crippen molar-refractivity contribution in [3.8, 4) is 5.75 Å². The molecule has 0 saturated carbocycles. The van der Waals surface area contributed by atoms with Crippen molar-refractivity contribution in [3.63, 3.8) is 0 Å². The number of ether oxygens (including phenoxy) is 1. The zero-order valence-electron chi connectivity index (χ0n) is 15.0. The van der Waals surface area contributed by atoms with Crippen LogP contribution in [0.2, 0.25) is 0 Å². The van der Waals surface area contributed by atoms with Crippen molar-refractivity contribution in [3.05, 3.63) is 65.0 Å². The number of hydrogen-bond donors (Lipinski definition) is 3. The number of nitrogens with one attached hydrogen (secondary N) is 3. The number of halogens is 1. The summed E-state index contributed by atoms with van der Waals surface area (Å²) in [7, 11) is 1.64. The first-order valence-corrected chi connectivity index (χ1v) is 8.71. The Morgan fingerprint density at radius 3 is 2.77 bits per heavy atom. The first kappa shape index (κ1) is 18.4. The molecule has 26 heavy (non-hydrogen) atoms. The Labute approximate surface area is 152 Å². The van der Waals surface area contributed by atoms with E-state index in [1.54, 1.807) is 13.2 Å². The summed E-state index contributed by atoms with van der Waals surface area (Å²) in [5, 5.41) is 2.98. The smallest absolute Gasteiger partial charge is 0.224 e. The molecule has 2 aromatic rings. The number of amides is 1. The van der Waals surface area contributed by atoms with Gasteiger partial charge in [0.2, 0.25) is 5.91 Å². The van der Waals surface area contributed by atoms with Gasteiger partial charge in [0, 0.05) is 19.0 Å². The summed E-state index contributed by atoms with van der Waals surface area (Å²) in [6.07, 6.45) is 0.185. The van der Waals surface area contributed by atoms with Crippen molar-refractivity contribution in [2.75, 3.05) is 20.2 Å². The second-order valence-corrected chi connectivity index (χ2v) is 6.59. The first-order chi connectivity index (χ1) is 12.6. The molecule has 138 valence electrons.